The van der Waals surface area contributed by atoms with Crippen molar-refractivity contribution in [3.63, 3.8) is 0 Å². The van der Waals surface area contributed by atoms with Gasteiger partial charge in [-0.1, -0.05) is 36.4 Å². The van der Waals surface area contributed by atoms with Gasteiger partial charge >= 0.3 is 0 Å². The number of ether oxygens (including phenoxy) is 3. The summed E-state index contributed by atoms with van der Waals surface area (Å²) in [5, 5.41) is 6.71. The number of sulfonamides is 1. The van der Waals surface area contributed by atoms with E-state index in [1.165, 1.54) is 32.6 Å². The van der Waals surface area contributed by atoms with Crippen LogP contribution in [-0.4, -0.2) is 53.8 Å². The predicted octanol–water partition coefficient (Wildman–Crippen LogP) is 4.38. The highest BCUT2D eigenvalue weighted by molar-refractivity contribution is 7.92. The molecule has 0 unspecified atom stereocenters. The minimum absolute atomic E-state index is 0.0273. The number of methoxy groups -OCH3 is 2. The number of amides is 2. The second kappa shape index (κ2) is 14.7. The van der Waals surface area contributed by atoms with Crippen molar-refractivity contribution in [3.05, 3.63) is 108 Å². The molecule has 2 amide bonds. The Bertz CT molecular complexity index is 1730. The lowest BCUT2D eigenvalue weighted by atomic mass is 10.2. The summed E-state index contributed by atoms with van der Waals surface area (Å²) in [6.07, 6.45) is 1.40. The molecule has 0 saturated carbocycles. The van der Waals surface area contributed by atoms with E-state index >= 15 is 0 Å². The van der Waals surface area contributed by atoms with Crippen LogP contribution in [0.5, 0.6) is 17.2 Å². The van der Waals surface area contributed by atoms with E-state index in [9.17, 15) is 18.0 Å². The maximum Gasteiger partial charge on any atom is 0.264 e. The van der Waals surface area contributed by atoms with Gasteiger partial charge in [-0.05, 0) is 78.7 Å². The summed E-state index contributed by atoms with van der Waals surface area (Å²) in [7, 11) is -1.17. The first-order chi connectivity index (χ1) is 21.2. The molecule has 4 aromatic rings. The van der Waals surface area contributed by atoms with Crippen LogP contribution in [0, 0.1) is 6.92 Å². The number of carbonyl (C=O) groups is 2. The third kappa shape index (κ3) is 8.13. The molecule has 0 fully saturated rings. The van der Waals surface area contributed by atoms with Crippen LogP contribution < -0.4 is 29.3 Å². The van der Waals surface area contributed by atoms with Gasteiger partial charge in [0.25, 0.3) is 21.8 Å². The van der Waals surface area contributed by atoms with Crippen LogP contribution in [0.25, 0.3) is 0 Å². The van der Waals surface area contributed by atoms with Gasteiger partial charge < -0.3 is 19.5 Å². The molecule has 44 heavy (non-hydrogen) atoms. The molecule has 0 atom stereocenters. The number of carbonyl (C=O) groups excluding carboxylic acids is 2. The van der Waals surface area contributed by atoms with E-state index in [1.807, 2.05) is 6.92 Å². The number of hydrogen-bond acceptors (Lipinski definition) is 8. The number of benzene rings is 4. The van der Waals surface area contributed by atoms with Gasteiger partial charge in [0.05, 0.1) is 36.7 Å². The fourth-order valence-corrected chi connectivity index (χ4v) is 5.54. The highest BCUT2D eigenvalue weighted by atomic mass is 32.2. The second-order valence-corrected chi connectivity index (χ2v) is 11.3. The minimum atomic E-state index is -4.12. The van der Waals surface area contributed by atoms with Gasteiger partial charge in [-0.2, -0.15) is 5.10 Å². The summed E-state index contributed by atoms with van der Waals surface area (Å²) >= 11 is 0. The molecule has 0 aliphatic carbocycles. The Balaban J connectivity index is 1.38. The topological polar surface area (TPSA) is 136 Å². The second-order valence-electron chi connectivity index (χ2n) is 9.40. The van der Waals surface area contributed by atoms with E-state index in [2.05, 4.69) is 15.8 Å². The third-order valence-corrected chi connectivity index (χ3v) is 8.03. The van der Waals surface area contributed by atoms with E-state index in [-0.39, 0.29) is 23.1 Å². The molecule has 4 aromatic carbocycles. The Morgan fingerprint density at radius 3 is 2.23 bits per heavy atom. The first-order valence-electron chi connectivity index (χ1n) is 13.4. The molecule has 11 nitrogen and oxygen atoms in total. The van der Waals surface area contributed by atoms with Gasteiger partial charge in [0.1, 0.15) is 23.8 Å². The van der Waals surface area contributed by atoms with Crippen molar-refractivity contribution in [2.24, 2.45) is 5.10 Å². The standard InChI is InChI=1S/C32H32N4O7S/c1-23-13-18-30(42-3)28(19-23)36(44(39,40)26-9-5-4-6-10-26)21-31(37)35-33-20-24-14-16-25(17-15-24)43-22-32(38)34-27-11-7-8-12-29(27)41-2/h4-20H,21-22H2,1-3H3,(H,34,38)(H,35,37)/b33-20-. The van der Waals surface area contributed by atoms with Crippen LogP contribution in [0.2, 0.25) is 0 Å². The first-order valence-corrected chi connectivity index (χ1v) is 14.9. The molecule has 4 rings (SSSR count). The normalized spacial score (nSPS) is 11.1. The van der Waals surface area contributed by atoms with Crippen LogP contribution in [0.3, 0.4) is 0 Å². The van der Waals surface area contributed by atoms with Crippen molar-refractivity contribution in [1.82, 2.24) is 5.43 Å². The van der Waals surface area contributed by atoms with Gasteiger partial charge in [-0.25, -0.2) is 13.8 Å². The van der Waals surface area contributed by atoms with Crippen LogP contribution >= 0.6 is 0 Å². The molecule has 0 aliphatic heterocycles. The van der Waals surface area contributed by atoms with Gasteiger partial charge in [-0.15, -0.1) is 0 Å². The highest BCUT2D eigenvalue weighted by Crippen LogP contribution is 2.33. The molecular formula is C32H32N4O7S. The molecule has 0 bridgehead atoms. The number of nitrogens with zero attached hydrogens (tertiary/aromatic N) is 2. The molecule has 12 heteroatoms. The van der Waals surface area contributed by atoms with Gasteiger partial charge in [0.15, 0.2) is 6.61 Å². The summed E-state index contributed by atoms with van der Waals surface area (Å²) in [6.45, 7) is 1.06. The average molecular weight is 617 g/mol. The molecule has 0 spiro atoms. The minimum Gasteiger partial charge on any atom is -0.495 e. The molecule has 228 valence electrons. The average Bonchev–Trinajstić information content (AvgIpc) is 3.04. The Labute approximate surface area is 256 Å². The number of hydrogen-bond donors (Lipinski definition) is 2. The molecular weight excluding hydrogens is 584 g/mol. The van der Waals surface area contributed by atoms with Gasteiger partial charge in [0.2, 0.25) is 0 Å². The fraction of sp³-hybridized carbons (Fsp3) is 0.156. The maximum absolute atomic E-state index is 13.6. The number of aryl methyl sites for hydroxylation is 1. The molecule has 0 saturated heterocycles. The van der Waals surface area contributed by atoms with Crippen LogP contribution in [-0.2, 0) is 19.6 Å². The number of para-hydroxylation sites is 2. The van der Waals surface area contributed by atoms with Gasteiger partial charge in [-0.3, -0.25) is 13.9 Å². The monoisotopic (exact) mass is 616 g/mol. The molecule has 2 N–H and O–H groups in total. The molecule has 0 aromatic heterocycles. The summed E-state index contributed by atoms with van der Waals surface area (Å²) in [4.78, 5) is 25.2. The summed E-state index contributed by atoms with van der Waals surface area (Å²) < 4.78 is 44.4. The number of rotatable bonds is 13. The van der Waals surface area contributed by atoms with Crippen molar-refractivity contribution in [2.45, 2.75) is 11.8 Å². The Morgan fingerprint density at radius 1 is 0.841 bits per heavy atom. The number of anilines is 2. The van der Waals surface area contributed by atoms with Crippen LogP contribution in [0.4, 0.5) is 11.4 Å². The highest BCUT2D eigenvalue weighted by Gasteiger charge is 2.29. The van der Waals surface area contributed by atoms with Crippen LogP contribution in [0.15, 0.2) is 107 Å². The predicted molar refractivity (Wildman–Crippen MR) is 168 cm³/mol. The smallest absolute Gasteiger partial charge is 0.264 e. The van der Waals surface area contributed by atoms with Crippen molar-refractivity contribution >= 4 is 39.4 Å². The van der Waals surface area contributed by atoms with Crippen molar-refractivity contribution in [2.75, 3.05) is 37.0 Å². The lowest BCUT2D eigenvalue weighted by Gasteiger charge is -2.25. The maximum atomic E-state index is 13.6. The SMILES string of the molecule is COc1ccccc1NC(=O)COc1ccc(/C=N\NC(=O)CN(c2cc(C)ccc2OC)S(=O)(=O)c2ccccc2)cc1. The lowest BCUT2D eigenvalue weighted by molar-refractivity contribution is -0.119. The quantitative estimate of drug-likeness (QED) is 0.168. The van der Waals surface area contributed by atoms with E-state index in [0.29, 0.717) is 28.5 Å². The summed E-state index contributed by atoms with van der Waals surface area (Å²) in [6, 6.07) is 26.6. The van der Waals surface area contributed by atoms with E-state index < -0.39 is 22.5 Å². The zero-order valence-corrected chi connectivity index (χ0v) is 25.2. The molecule has 0 radical (unpaired) electrons. The lowest BCUT2D eigenvalue weighted by Crippen LogP contribution is -2.39. The summed E-state index contributed by atoms with van der Waals surface area (Å²) in [5.41, 5.74) is 4.56. The van der Waals surface area contributed by atoms with Crippen molar-refractivity contribution in [1.29, 1.82) is 0 Å². The third-order valence-electron chi connectivity index (χ3n) is 6.26. The Kier molecular flexibility index (Phi) is 10.5. The molecule has 0 heterocycles. The van der Waals surface area contributed by atoms with E-state index in [4.69, 9.17) is 14.2 Å². The number of nitrogens with one attached hydrogen (secondary N) is 2. The van der Waals surface area contributed by atoms with E-state index in [1.54, 1.807) is 84.9 Å². The van der Waals surface area contributed by atoms with Crippen LogP contribution in [0.1, 0.15) is 11.1 Å². The fourth-order valence-electron chi connectivity index (χ4n) is 4.09. The largest absolute Gasteiger partial charge is 0.495 e. The Morgan fingerprint density at radius 2 is 1.52 bits per heavy atom. The zero-order chi connectivity index (χ0) is 31.5. The van der Waals surface area contributed by atoms with E-state index in [0.717, 1.165) is 9.87 Å². The van der Waals surface area contributed by atoms with Gasteiger partial charge in [0, 0.05) is 0 Å². The Hall–Kier alpha value is -5.36. The molecule has 0 aliphatic rings. The number of hydrazone groups is 1. The summed E-state index contributed by atoms with van der Waals surface area (Å²) in [5.74, 6) is 0.276. The van der Waals surface area contributed by atoms with Crippen molar-refractivity contribution in [3.8, 4) is 17.2 Å². The zero-order valence-electron chi connectivity index (χ0n) is 24.4. The first kappa shape index (κ1) is 31.6. The van der Waals surface area contributed by atoms with Crippen molar-refractivity contribution < 1.29 is 32.2 Å².